The molecule has 0 unspecified atom stereocenters. The van der Waals surface area contributed by atoms with Crippen LogP contribution in [0.25, 0.3) is 0 Å². The largest absolute Gasteiger partial charge is 0.492 e. The fraction of sp³-hybridized carbons (Fsp3) is 0.273. The topological polar surface area (TPSA) is 75.6 Å². The Kier molecular flexibility index (Phi) is 6.12. The van der Waals surface area contributed by atoms with Crippen LogP contribution in [-0.4, -0.2) is 30.1 Å². The van der Waals surface area contributed by atoms with Gasteiger partial charge in [0.1, 0.15) is 12.3 Å². The van der Waals surface area contributed by atoms with Gasteiger partial charge in [0.25, 0.3) is 5.91 Å². The third-order valence-corrected chi connectivity index (χ3v) is 3.55. The van der Waals surface area contributed by atoms with Crippen LogP contribution in [0.1, 0.15) is 17.3 Å². The van der Waals surface area contributed by atoms with Gasteiger partial charge in [0.15, 0.2) is 0 Å². The Bertz CT molecular complexity index is 453. The Hall–Kier alpha value is -0.580. The van der Waals surface area contributed by atoms with Crippen molar-refractivity contribution in [2.24, 2.45) is 0 Å². The van der Waals surface area contributed by atoms with E-state index in [1.165, 1.54) is 0 Å². The van der Waals surface area contributed by atoms with Crippen LogP contribution in [0.2, 0.25) is 0 Å². The predicted octanol–water partition coefficient (Wildman–Crippen LogP) is 2.11. The van der Waals surface area contributed by atoms with Crippen LogP contribution < -0.4 is 10.1 Å². The zero-order valence-corrected chi connectivity index (χ0v) is 13.8. The summed E-state index contributed by atoms with van der Waals surface area (Å²) in [6, 6.07) is 3.34. The maximum absolute atomic E-state index is 11.7. The molecule has 0 aromatic heterocycles. The van der Waals surface area contributed by atoms with Gasteiger partial charge in [-0.2, -0.15) is 0 Å². The first kappa shape index (κ1) is 15.5. The first-order chi connectivity index (χ1) is 8.45. The molecule has 2 N–H and O–H groups in total. The van der Waals surface area contributed by atoms with Gasteiger partial charge < -0.3 is 15.2 Å². The van der Waals surface area contributed by atoms with E-state index >= 15 is 0 Å². The van der Waals surface area contributed by atoms with E-state index in [-0.39, 0.29) is 6.54 Å². The molecule has 1 rings (SSSR count). The second-order valence-corrected chi connectivity index (χ2v) is 5.60. The van der Waals surface area contributed by atoms with E-state index in [1.807, 2.05) is 6.92 Å². The standard InChI is InChI=1S/C11H11I2NO4/c1-2-18-10-7(12)3-6(4-8(10)13)11(17)14-5-9(15)16/h3-4H,2,5H2,1H3,(H,14,17)(H,15,16). The van der Waals surface area contributed by atoms with Crippen molar-refractivity contribution in [3.8, 4) is 5.75 Å². The van der Waals surface area contributed by atoms with Gasteiger partial charge in [-0.05, 0) is 64.2 Å². The predicted molar refractivity (Wildman–Crippen MR) is 83.0 cm³/mol. The highest BCUT2D eigenvalue weighted by molar-refractivity contribution is 14.1. The molecule has 0 aliphatic heterocycles. The number of aliphatic carboxylic acids is 1. The Labute approximate surface area is 132 Å². The molecular formula is C11H11I2NO4. The van der Waals surface area contributed by atoms with Crippen molar-refractivity contribution in [1.82, 2.24) is 5.32 Å². The van der Waals surface area contributed by atoms with E-state index in [0.717, 1.165) is 12.9 Å². The molecule has 1 amide bonds. The number of nitrogens with one attached hydrogen (secondary N) is 1. The smallest absolute Gasteiger partial charge is 0.322 e. The second-order valence-electron chi connectivity index (χ2n) is 3.28. The summed E-state index contributed by atoms with van der Waals surface area (Å²) in [5, 5.41) is 10.8. The molecule has 0 atom stereocenters. The number of carbonyl (C=O) groups excluding carboxylic acids is 1. The van der Waals surface area contributed by atoms with E-state index in [2.05, 4.69) is 50.5 Å². The molecule has 0 aliphatic carbocycles. The summed E-state index contributed by atoms with van der Waals surface area (Å²) in [7, 11) is 0. The first-order valence-electron chi connectivity index (χ1n) is 5.07. The molecule has 5 nitrogen and oxygen atoms in total. The van der Waals surface area contributed by atoms with Crippen LogP contribution >= 0.6 is 45.2 Å². The zero-order valence-electron chi connectivity index (χ0n) is 9.50. The summed E-state index contributed by atoms with van der Waals surface area (Å²) in [5.74, 6) is -0.733. The molecule has 0 aliphatic rings. The lowest BCUT2D eigenvalue weighted by Gasteiger charge is -2.10. The van der Waals surface area contributed by atoms with E-state index < -0.39 is 11.9 Å². The first-order valence-corrected chi connectivity index (χ1v) is 7.23. The van der Waals surface area contributed by atoms with Crippen molar-refractivity contribution < 1.29 is 19.4 Å². The molecule has 18 heavy (non-hydrogen) atoms. The molecule has 0 saturated carbocycles. The maximum Gasteiger partial charge on any atom is 0.322 e. The van der Waals surface area contributed by atoms with Crippen LogP contribution in [0.3, 0.4) is 0 Å². The van der Waals surface area contributed by atoms with E-state index in [0.29, 0.717) is 12.2 Å². The molecule has 1 aromatic carbocycles. The minimum atomic E-state index is -1.07. The number of amides is 1. The normalized spacial score (nSPS) is 9.94. The Morgan fingerprint density at radius 3 is 2.33 bits per heavy atom. The highest BCUT2D eigenvalue weighted by Crippen LogP contribution is 2.28. The summed E-state index contributed by atoms with van der Waals surface area (Å²) in [5.41, 5.74) is 0.425. The van der Waals surface area contributed by atoms with Gasteiger partial charge in [0, 0.05) is 5.56 Å². The minimum absolute atomic E-state index is 0.390. The van der Waals surface area contributed by atoms with Crippen LogP contribution in [0.4, 0.5) is 0 Å². The molecule has 0 heterocycles. The number of rotatable bonds is 5. The third-order valence-electron chi connectivity index (χ3n) is 1.95. The lowest BCUT2D eigenvalue weighted by Crippen LogP contribution is -2.29. The Balaban J connectivity index is 2.91. The van der Waals surface area contributed by atoms with E-state index in [4.69, 9.17) is 9.84 Å². The van der Waals surface area contributed by atoms with E-state index in [9.17, 15) is 9.59 Å². The molecule has 7 heteroatoms. The fourth-order valence-electron chi connectivity index (χ4n) is 1.23. The van der Waals surface area contributed by atoms with Crippen molar-refractivity contribution in [3.05, 3.63) is 24.8 Å². The highest BCUT2D eigenvalue weighted by Gasteiger charge is 2.13. The van der Waals surface area contributed by atoms with Crippen molar-refractivity contribution >= 4 is 57.1 Å². The third kappa shape index (κ3) is 4.26. The Morgan fingerprint density at radius 2 is 1.89 bits per heavy atom. The molecule has 1 aromatic rings. The van der Waals surface area contributed by atoms with Gasteiger partial charge in [-0.25, -0.2) is 0 Å². The van der Waals surface area contributed by atoms with Crippen LogP contribution in [0.5, 0.6) is 5.75 Å². The highest BCUT2D eigenvalue weighted by atomic mass is 127. The molecule has 0 fully saturated rings. The van der Waals surface area contributed by atoms with Crippen molar-refractivity contribution in [2.75, 3.05) is 13.2 Å². The van der Waals surface area contributed by atoms with Crippen molar-refractivity contribution in [2.45, 2.75) is 6.92 Å². The summed E-state index contributed by atoms with van der Waals surface area (Å²) in [6.07, 6.45) is 0. The number of hydrogen-bond donors (Lipinski definition) is 2. The average Bonchev–Trinajstić information content (AvgIpc) is 2.30. The molecule has 0 saturated heterocycles. The number of hydrogen-bond acceptors (Lipinski definition) is 3. The maximum atomic E-state index is 11.7. The average molecular weight is 475 g/mol. The lowest BCUT2D eigenvalue weighted by molar-refractivity contribution is -0.135. The van der Waals surface area contributed by atoms with Gasteiger partial charge in [-0.3, -0.25) is 9.59 Å². The summed E-state index contributed by atoms with van der Waals surface area (Å²) < 4.78 is 7.10. The molecule has 0 bridgehead atoms. The number of carboxylic acid groups (broad SMARTS) is 1. The zero-order chi connectivity index (χ0) is 13.7. The quantitative estimate of drug-likeness (QED) is 0.641. The summed E-state index contributed by atoms with van der Waals surface area (Å²) in [4.78, 5) is 22.1. The van der Waals surface area contributed by atoms with Gasteiger partial charge in [-0.1, -0.05) is 0 Å². The Morgan fingerprint density at radius 1 is 1.33 bits per heavy atom. The molecular weight excluding hydrogens is 464 g/mol. The van der Waals surface area contributed by atoms with Gasteiger partial charge >= 0.3 is 5.97 Å². The lowest BCUT2D eigenvalue weighted by atomic mass is 10.2. The second kappa shape index (κ2) is 7.12. The van der Waals surface area contributed by atoms with Crippen molar-refractivity contribution in [1.29, 1.82) is 0 Å². The number of benzene rings is 1. The summed E-state index contributed by atoms with van der Waals surface area (Å²) >= 11 is 4.17. The number of ether oxygens (including phenoxy) is 1. The van der Waals surface area contributed by atoms with Crippen LogP contribution in [-0.2, 0) is 4.79 Å². The van der Waals surface area contributed by atoms with Crippen molar-refractivity contribution in [3.63, 3.8) is 0 Å². The van der Waals surface area contributed by atoms with E-state index in [1.54, 1.807) is 12.1 Å². The van der Waals surface area contributed by atoms with Gasteiger partial charge in [0.05, 0.1) is 13.7 Å². The van der Waals surface area contributed by atoms with Crippen LogP contribution in [0, 0.1) is 7.14 Å². The monoisotopic (exact) mass is 475 g/mol. The van der Waals surface area contributed by atoms with Gasteiger partial charge in [0.2, 0.25) is 0 Å². The summed E-state index contributed by atoms with van der Waals surface area (Å²) in [6.45, 7) is 2.05. The SMILES string of the molecule is CCOc1c(I)cc(C(=O)NCC(=O)O)cc1I. The van der Waals surface area contributed by atoms with Crippen LogP contribution in [0.15, 0.2) is 12.1 Å². The minimum Gasteiger partial charge on any atom is -0.492 e. The number of halogens is 2. The number of carboxylic acids is 1. The molecule has 0 spiro atoms. The molecule has 98 valence electrons. The fourth-order valence-corrected chi connectivity index (χ4v) is 3.31. The number of carbonyl (C=O) groups is 2. The molecule has 0 radical (unpaired) electrons. The van der Waals surface area contributed by atoms with Gasteiger partial charge in [-0.15, -0.1) is 0 Å².